The van der Waals surface area contributed by atoms with Gasteiger partial charge in [-0.25, -0.2) is 9.31 Å². The van der Waals surface area contributed by atoms with Gasteiger partial charge < -0.3 is 10.5 Å². The smallest absolute Gasteiger partial charge is 0.344 e. The summed E-state index contributed by atoms with van der Waals surface area (Å²) < 4.78 is 6.86. The van der Waals surface area contributed by atoms with Gasteiger partial charge in [-0.1, -0.05) is 6.07 Å². The van der Waals surface area contributed by atoms with Gasteiger partial charge in [0.2, 0.25) is 0 Å². The van der Waals surface area contributed by atoms with Gasteiger partial charge in [-0.2, -0.15) is 0 Å². The van der Waals surface area contributed by atoms with E-state index in [1.54, 1.807) is 16.8 Å². The zero-order chi connectivity index (χ0) is 12.6. The number of hydrogen-bond acceptors (Lipinski definition) is 4. The van der Waals surface area contributed by atoms with E-state index < -0.39 is 11.6 Å². The molecule has 2 heterocycles. The van der Waals surface area contributed by atoms with E-state index in [-0.39, 0.29) is 5.82 Å². The molecule has 5 nitrogen and oxygen atoms in total. The number of fused-ring (bicyclic) bond motifs is 1. The van der Waals surface area contributed by atoms with Crippen LogP contribution in [0.1, 0.15) is 31.1 Å². The molecule has 5 heteroatoms. The number of aromatic nitrogens is 2. The zero-order valence-electron chi connectivity index (χ0n) is 10.1. The maximum atomic E-state index is 12.0. The molecule has 0 bridgehead atoms. The van der Waals surface area contributed by atoms with Crippen molar-refractivity contribution in [2.24, 2.45) is 0 Å². The quantitative estimate of drug-likeness (QED) is 0.763. The number of pyridine rings is 1. The lowest BCUT2D eigenvalue weighted by Gasteiger charge is -2.19. The van der Waals surface area contributed by atoms with Crippen molar-refractivity contribution in [2.45, 2.75) is 26.4 Å². The van der Waals surface area contributed by atoms with E-state index in [0.717, 1.165) is 0 Å². The van der Waals surface area contributed by atoms with Gasteiger partial charge in [0.15, 0.2) is 5.82 Å². The fraction of sp³-hybridized carbons (Fsp3) is 0.333. The molecule has 0 saturated heterocycles. The molecule has 0 amide bonds. The minimum absolute atomic E-state index is 0.186. The topological polar surface area (TPSA) is 69.6 Å². The number of nitrogen functional groups attached to an aromatic ring is 1. The van der Waals surface area contributed by atoms with Gasteiger partial charge in [-0.15, -0.1) is 5.10 Å². The van der Waals surface area contributed by atoms with Crippen LogP contribution in [0, 0.1) is 0 Å². The van der Waals surface area contributed by atoms with Crippen LogP contribution in [0.3, 0.4) is 0 Å². The van der Waals surface area contributed by atoms with Crippen molar-refractivity contribution in [3.05, 3.63) is 30.0 Å². The van der Waals surface area contributed by atoms with Crippen molar-refractivity contribution in [3.8, 4) is 0 Å². The molecular weight excluding hydrogens is 218 g/mol. The van der Waals surface area contributed by atoms with Gasteiger partial charge in [-0.3, -0.25) is 0 Å². The molecule has 0 aromatic carbocycles. The summed E-state index contributed by atoms with van der Waals surface area (Å²) in [7, 11) is 0. The van der Waals surface area contributed by atoms with Gasteiger partial charge in [0.25, 0.3) is 0 Å². The normalized spacial score (nSPS) is 11.7. The number of anilines is 1. The van der Waals surface area contributed by atoms with Gasteiger partial charge in [0, 0.05) is 6.20 Å². The monoisotopic (exact) mass is 233 g/mol. The minimum Gasteiger partial charge on any atom is -0.456 e. The van der Waals surface area contributed by atoms with Crippen molar-refractivity contribution in [1.82, 2.24) is 9.61 Å². The molecule has 2 rings (SSSR count). The lowest BCUT2D eigenvalue weighted by molar-refractivity contribution is 0.00730. The summed E-state index contributed by atoms with van der Waals surface area (Å²) in [5.41, 5.74) is 6.16. The Morgan fingerprint density at radius 3 is 2.76 bits per heavy atom. The average molecular weight is 233 g/mol. The first-order valence-corrected chi connectivity index (χ1v) is 5.35. The Balaban J connectivity index is 2.48. The molecule has 0 spiro atoms. The number of carbonyl (C=O) groups excluding carboxylic acids is 1. The van der Waals surface area contributed by atoms with Crippen LogP contribution in [0.25, 0.3) is 5.52 Å². The predicted molar refractivity (Wildman–Crippen MR) is 64.8 cm³/mol. The van der Waals surface area contributed by atoms with Crippen LogP contribution < -0.4 is 5.73 Å². The summed E-state index contributed by atoms with van der Waals surface area (Å²) in [6.07, 6.45) is 1.74. The van der Waals surface area contributed by atoms with Crippen molar-refractivity contribution in [3.63, 3.8) is 0 Å². The molecule has 0 fully saturated rings. The molecule has 0 aliphatic heterocycles. The molecule has 17 heavy (non-hydrogen) atoms. The SMILES string of the molecule is CC(C)(C)OC(=O)c1c(N)nn2ccccc12. The van der Waals surface area contributed by atoms with Gasteiger partial charge in [0.05, 0.1) is 5.52 Å². The lowest BCUT2D eigenvalue weighted by Crippen LogP contribution is -2.24. The number of carbonyl (C=O) groups is 1. The van der Waals surface area contributed by atoms with E-state index >= 15 is 0 Å². The third-order valence-electron chi connectivity index (χ3n) is 2.17. The number of esters is 1. The Bertz CT molecular complexity index is 567. The van der Waals surface area contributed by atoms with E-state index in [0.29, 0.717) is 11.1 Å². The van der Waals surface area contributed by atoms with Crippen LogP contribution in [0.5, 0.6) is 0 Å². The minimum atomic E-state index is -0.549. The lowest BCUT2D eigenvalue weighted by atomic mass is 10.2. The van der Waals surface area contributed by atoms with Crippen molar-refractivity contribution in [1.29, 1.82) is 0 Å². The molecule has 2 aromatic rings. The van der Waals surface area contributed by atoms with E-state index in [9.17, 15) is 4.79 Å². The largest absolute Gasteiger partial charge is 0.456 e. The van der Waals surface area contributed by atoms with Crippen LogP contribution >= 0.6 is 0 Å². The van der Waals surface area contributed by atoms with E-state index in [1.165, 1.54) is 0 Å². The standard InChI is InChI=1S/C12H15N3O2/c1-12(2,3)17-11(16)9-8-6-4-5-7-15(8)14-10(9)13/h4-7H,1-3H3,(H2,13,14). The summed E-state index contributed by atoms with van der Waals surface area (Å²) in [5.74, 6) is -0.262. The number of nitrogens with zero attached hydrogens (tertiary/aromatic N) is 2. The molecule has 0 unspecified atom stereocenters. The van der Waals surface area contributed by atoms with Crippen molar-refractivity contribution in [2.75, 3.05) is 5.73 Å². The highest BCUT2D eigenvalue weighted by atomic mass is 16.6. The van der Waals surface area contributed by atoms with Gasteiger partial charge in [-0.05, 0) is 32.9 Å². The molecule has 0 aliphatic carbocycles. The van der Waals surface area contributed by atoms with Crippen LogP contribution in [-0.4, -0.2) is 21.2 Å². The Kier molecular flexibility index (Phi) is 2.53. The Morgan fingerprint density at radius 1 is 1.41 bits per heavy atom. The van der Waals surface area contributed by atoms with E-state index in [4.69, 9.17) is 10.5 Å². The maximum absolute atomic E-state index is 12.0. The average Bonchev–Trinajstić information content (AvgIpc) is 2.50. The molecule has 90 valence electrons. The Labute approximate surface area is 99.2 Å². The second-order valence-corrected chi connectivity index (χ2v) is 4.79. The first-order chi connectivity index (χ1) is 7.88. The first kappa shape index (κ1) is 11.4. The third kappa shape index (κ3) is 2.22. The van der Waals surface area contributed by atoms with Crippen LogP contribution in [0.2, 0.25) is 0 Å². The molecule has 0 saturated carbocycles. The number of ether oxygens (including phenoxy) is 1. The Hall–Kier alpha value is -2.04. The molecule has 0 atom stereocenters. The van der Waals surface area contributed by atoms with Crippen LogP contribution in [0.4, 0.5) is 5.82 Å². The number of rotatable bonds is 1. The highest BCUT2D eigenvalue weighted by Crippen LogP contribution is 2.21. The molecule has 2 N–H and O–H groups in total. The van der Waals surface area contributed by atoms with Crippen LogP contribution in [-0.2, 0) is 4.74 Å². The summed E-state index contributed by atoms with van der Waals surface area (Å²) >= 11 is 0. The van der Waals surface area contributed by atoms with Gasteiger partial charge in [0.1, 0.15) is 11.2 Å². The Morgan fingerprint density at radius 2 is 2.12 bits per heavy atom. The van der Waals surface area contributed by atoms with Crippen LogP contribution in [0.15, 0.2) is 24.4 Å². The van der Waals surface area contributed by atoms with E-state index in [1.807, 2.05) is 32.9 Å². The van der Waals surface area contributed by atoms with Gasteiger partial charge >= 0.3 is 5.97 Å². The summed E-state index contributed by atoms with van der Waals surface area (Å²) in [6, 6.07) is 5.42. The molecule has 0 aliphatic rings. The fourth-order valence-corrected chi connectivity index (χ4v) is 1.56. The summed E-state index contributed by atoms with van der Waals surface area (Å²) in [4.78, 5) is 12.0. The summed E-state index contributed by atoms with van der Waals surface area (Å²) in [5, 5.41) is 4.06. The second-order valence-electron chi connectivity index (χ2n) is 4.79. The zero-order valence-corrected chi connectivity index (χ0v) is 10.1. The van der Waals surface area contributed by atoms with E-state index in [2.05, 4.69) is 5.10 Å². The molecular formula is C12H15N3O2. The second kappa shape index (κ2) is 3.76. The highest BCUT2D eigenvalue weighted by Gasteiger charge is 2.23. The van der Waals surface area contributed by atoms with Crippen molar-refractivity contribution >= 4 is 17.3 Å². The predicted octanol–water partition coefficient (Wildman–Crippen LogP) is 1.87. The summed E-state index contributed by atoms with van der Waals surface area (Å²) in [6.45, 7) is 5.44. The highest BCUT2D eigenvalue weighted by molar-refractivity contribution is 6.01. The third-order valence-corrected chi connectivity index (χ3v) is 2.17. The van der Waals surface area contributed by atoms with Crippen molar-refractivity contribution < 1.29 is 9.53 Å². The number of nitrogens with two attached hydrogens (primary N) is 1. The maximum Gasteiger partial charge on any atom is 0.344 e. The first-order valence-electron chi connectivity index (χ1n) is 5.35. The number of hydrogen-bond donors (Lipinski definition) is 1. The molecule has 2 aromatic heterocycles. The molecule has 0 radical (unpaired) electrons. The fourth-order valence-electron chi connectivity index (χ4n) is 1.56.